The number of thiocarbonyl (C=S) groups is 1. The maximum absolute atomic E-state index is 13.5. The van der Waals surface area contributed by atoms with Gasteiger partial charge in [-0.2, -0.15) is 26.3 Å². The second-order valence-electron chi connectivity index (χ2n) is 9.86. The second-order valence-corrected chi connectivity index (χ2v) is 10.3. The first kappa shape index (κ1) is 33.4. The van der Waals surface area contributed by atoms with Crippen LogP contribution in [0.2, 0.25) is 0 Å². The van der Waals surface area contributed by atoms with Gasteiger partial charge < -0.3 is 21.3 Å². The summed E-state index contributed by atoms with van der Waals surface area (Å²) in [5.74, 6) is -1.73. The standard InChI is InChI=1S/C30H30F6N4O2S/c1-3-18(2)25(40-28(43)38-23-14-8-12-21(17-23)30(34,35)36)27(42)39-24(15-19-9-5-4-6-10-19)26(41)37-22-13-7-11-20(16-22)29(31,32)33/h4-14,16-18,24-25H,3,15H2,1-2H3,(H,37,41)(H,39,42)(H2,38,40,43)/t18-,24+,25-/m0/s1. The minimum absolute atomic E-state index is 0.0253. The summed E-state index contributed by atoms with van der Waals surface area (Å²) in [5, 5.41) is 10.5. The van der Waals surface area contributed by atoms with Crippen LogP contribution in [0.3, 0.4) is 0 Å². The van der Waals surface area contributed by atoms with Crippen molar-refractivity contribution >= 4 is 40.5 Å². The van der Waals surface area contributed by atoms with Gasteiger partial charge in [-0.3, -0.25) is 9.59 Å². The fourth-order valence-corrected chi connectivity index (χ4v) is 4.35. The molecule has 230 valence electrons. The maximum atomic E-state index is 13.5. The number of alkyl halides is 6. The van der Waals surface area contributed by atoms with Crippen molar-refractivity contribution in [1.29, 1.82) is 0 Å². The Morgan fingerprint density at radius 3 is 1.79 bits per heavy atom. The summed E-state index contributed by atoms with van der Waals surface area (Å²) in [6.07, 6.45) is -8.66. The van der Waals surface area contributed by atoms with E-state index in [9.17, 15) is 35.9 Å². The van der Waals surface area contributed by atoms with Gasteiger partial charge in [0.15, 0.2) is 5.11 Å². The van der Waals surface area contributed by atoms with Gasteiger partial charge in [0.25, 0.3) is 0 Å². The van der Waals surface area contributed by atoms with Crippen LogP contribution in [0.4, 0.5) is 37.7 Å². The molecule has 0 fully saturated rings. The lowest BCUT2D eigenvalue weighted by atomic mass is 9.97. The normalized spacial score (nSPS) is 13.8. The van der Waals surface area contributed by atoms with Crippen molar-refractivity contribution in [2.45, 2.75) is 51.1 Å². The number of benzene rings is 3. The summed E-state index contributed by atoms with van der Waals surface area (Å²) in [6, 6.07) is 15.0. The molecule has 4 N–H and O–H groups in total. The molecule has 0 aromatic heterocycles. The summed E-state index contributed by atoms with van der Waals surface area (Å²) >= 11 is 5.28. The lowest BCUT2D eigenvalue weighted by molar-refractivity contribution is -0.138. The van der Waals surface area contributed by atoms with Crippen LogP contribution >= 0.6 is 12.2 Å². The van der Waals surface area contributed by atoms with Gasteiger partial charge in [-0.15, -0.1) is 0 Å². The smallest absolute Gasteiger partial charge is 0.350 e. The lowest BCUT2D eigenvalue weighted by Crippen LogP contribution is -2.56. The van der Waals surface area contributed by atoms with Crippen LogP contribution in [-0.2, 0) is 28.4 Å². The Morgan fingerprint density at radius 1 is 0.744 bits per heavy atom. The van der Waals surface area contributed by atoms with Crippen molar-refractivity contribution in [3.63, 3.8) is 0 Å². The van der Waals surface area contributed by atoms with E-state index in [-0.39, 0.29) is 28.8 Å². The van der Waals surface area contributed by atoms with E-state index < -0.39 is 47.4 Å². The second kappa shape index (κ2) is 14.4. The SMILES string of the molecule is CC[C@H](C)[C@H](NC(=S)Nc1cccc(C(F)(F)F)c1)C(=O)N[C@H](Cc1ccccc1)C(=O)Nc1cccc(C(F)(F)F)c1. The number of nitrogens with one attached hydrogen (secondary N) is 4. The molecule has 0 spiro atoms. The summed E-state index contributed by atoms with van der Waals surface area (Å²) < 4.78 is 78.9. The number of hydrogen-bond donors (Lipinski definition) is 4. The van der Waals surface area contributed by atoms with Crippen LogP contribution in [0.15, 0.2) is 78.9 Å². The van der Waals surface area contributed by atoms with E-state index >= 15 is 0 Å². The fourth-order valence-electron chi connectivity index (χ4n) is 4.11. The van der Waals surface area contributed by atoms with E-state index in [1.54, 1.807) is 37.3 Å². The Kier molecular flexibility index (Phi) is 11.1. The van der Waals surface area contributed by atoms with Crippen LogP contribution in [0.25, 0.3) is 0 Å². The van der Waals surface area contributed by atoms with Crippen LogP contribution in [-0.4, -0.2) is 29.0 Å². The van der Waals surface area contributed by atoms with Crippen LogP contribution in [0, 0.1) is 5.92 Å². The molecule has 2 amide bonds. The summed E-state index contributed by atoms with van der Waals surface area (Å²) in [7, 11) is 0. The molecule has 3 aromatic rings. The van der Waals surface area contributed by atoms with Crippen LogP contribution < -0.4 is 21.3 Å². The fraction of sp³-hybridized carbons (Fsp3) is 0.300. The van der Waals surface area contributed by atoms with E-state index in [2.05, 4.69) is 21.3 Å². The van der Waals surface area contributed by atoms with Crippen LogP contribution in [0.1, 0.15) is 37.0 Å². The predicted octanol–water partition coefficient (Wildman–Crippen LogP) is 6.79. The van der Waals surface area contributed by atoms with Gasteiger partial charge in [0.1, 0.15) is 12.1 Å². The average molecular weight is 625 g/mol. The molecular weight excluding hydrogens is 594 g/mol. The first-order chi connectivity index (χ1) is 20.2. The molecule has 0 heterocycles. The van der Waals surface area contributed by atoms with Crippen molar-refractivity contribution in [2.75, 3.05) is 10.6 Å². The quantitative estimate of drug-likeness (QED) is 0.148. The third kappa shape index (κ3) is 9.98. The number of amides is 2. The zero-order valence-electron chi connectivity index (χ0n) is 23.1. The van der Waals surface area contributed by atoms with Crippen molar-refractivity contribution in [2.24, 2.45) is 5.92 Å². The van der Waals surface area contributed by atoms with Crippen molar-refractivity contribution in [3.8, 4) is 0 Å². The highest BCUT2D eigenvalue weighted by Gasteiger charge is 2.33. The third-order valence-corrected chi connectivity index (χ3v) is 6.82. The molecule has 0 aliphatic carbocycles. The topological polar surface area (TPSA) is 82.3 Å². The Hall–Kier alpha value is -4.13. The number of hydrogen-bond acceptors (Lipinski definition) is 3. The molecule has 0 radical (unpaired) electrons. The van der Waals surface area contributed by atoms with Crippen LogP contribution in [0.5, 0.6) is 0 Å². The number of rotatable bonds is 10. The van der Waals surface area contributed by atoms with Crippen molar-refractivity contribution in [3.05, 3.63) is 95.6 Å². The van der Waals surface area contributed by atoms with Gasteiger partial charge in [0.2, 0.25) is 11.8 Å². The van der Waals surface area contributed by atoms with Gasteiger partial charge in [0.05, 0.1) is 11.1 Å². The molecule has 3 aromatic carbocycles. The van der Waals surface area contributed by atoms with Crippen molar-refractivity contribution in [1.82, 2.24) is 10.6 Å². The Morgan fingerprint density at radius 2 is 1.28 bits per heavy atom. The zero-order valence-corrected chi connectivity index (χ0v) is 24.0. The van der Waals surface area contributed by atoms with Gasteiger partial charge in [-0.1, -0.05) is 62.7 Å². The highest BCUT2D eigenvalue weighted by Crippen LogP contribution is 2.31. The van der Waals surface area contributed by atoms with Gasteiger partial charge in [-0.25, -0.2) is 0 Å². The lowest BCUT2D eigenvalue weighted by Gasteiger charge is -2.27. The predicted molar refractivity (Wildman–Crippen MR) is 156 cm³/mol. The first-order valence-corrected chi connectivity index (χ1v) is 13.7. The van der Waals surface area contributed by atoms with Crippen molar-refractivity contribution < 1.29 is 35.9 Å². The number of carbonyl (C=O) groups is 2. The average Bonchev–Trinajstić information content (AvgIpc) is 2.95. The summed E-state index contributed by atoms with van der Waals surface area (Å²) in [5.41, 5.74) is -1.20. The largest absolute Gasteiger partial charge is 0.416 e. The molecule has 0 aliphatic heterocycles. The Labute approximate surface area is 250 Å². The molecule has 6 nitrogen and oxygen atoms in total. The van der Waals surface area contributed by atoms with E-state index in [0.29, 0.717) is 12.0 Å². The zero-order chi connectivity index (χ0) is 31.8. The van der Waals surface area contributed by atoms with Gasteiger partial charge in [0, 0.05) is 17.8 Å². The molecule has 0 bridgehead atoms. The molecule has 0 aliphatic rings. The number of carbonyl (C=O) groups excluding carboxylic acids is 2. The van der Waals surface area contributed by atoms with E-state index in [1.165, 1.54) is 18.2 Å². The summed E-state index contributed by atoms with van der Waals surface area (Å²) in [4.78, 5) is 26.8. The number of halogens is 6. The van der Waals surface area contributed by atoms with E-state index in [1.807, 2.05) is 6.92 Å². The highest BCUT2D eigenvalue weighted by molar-refractivity contribution is 7.80. The highest BCUT2D eigenvalue weighted by atomic mass is 32.1. The molecule has 3 atom stereocenters. The van der Waals surface area contributed by atoms with Gasteiger partial charge in [-0.05, 0) is 60.1 Å². The third-order valence-electron chi connectivity index (χ3n) is 6.60. The van der Waals surface area contributed by atoms with E-state index in [4.69, 9.17) is 12.2 Å². The monoisotopic (exact) mass is 624 g/mol. The Bertz CT molecular complexity index is 1420. The minimum atomic E-state index is -4.62. The van der Waals surface area contributed by atoms with E-state index in [0.717, 1.165) is 30.3 Å². The Balaban J connectivity index is 1.80. The molecule has 13 heteroatoms. The molecule has 43 heavy (non-hydrogen) atoms. The maximum Gasteiger partial charge on any atom is 0.416 e. The first-order valence-electron chi connectivity index (χ1n) is 13.2. The molecule has 3 rings (SSSR count). The molecular formula is C30H30F6N4O2S. The number of anilines is 2. The van der Waals surface area contributed by atoms with Gasteiger partial charge >= 0.3 is 12.4 Å². The summed E-state index contributed by atoms with van der Waals surface area (Å²) in [6.45, 7) is 3.57. The minimum Gasteiger partial charge on any atom is -0.350 e. The molecule has 0 saturated heterocycles. The molecule has 0 unspecified atom stereocenters. The molecule has 0 saturated carbocycles.